The molecule has 2 heterocycles. The maximum atomic E-state index is 12.9. The molecule has 1 aliphatic rings. The molecular formula is C25H22N4O5S. The van der Waals surface area contributed by atoms with Crippen molar-refractivity contribution < 1.29 is 19.2 Å². The molecule has 0 N–H and O–H groups in total. The second-order valence-electron chi connectivity index (χ2n) is 7.85. The zero-order valence-corrected chi connectivity index (χ0v) is 20.3. The van der Waals surface area contributed by atoms with Gasteiger partial charge in [-0.15, -0.1) is 0 Å². The molecule has 1 saturated heterocycles. The Morgan fingerprint density at radius 1 is 1.14 bits per heavy atom. The largest absolute Gasteiger partial charge is 0.465 e. The zero-order valence-electron chi connectivity index (χ0n) is 19.5. The van der Waals surface area contributed by atoms with Gasteiger partial charge in [0.2, 0.25) is 0 Å². The minimum atomic E-state index is -0.431. The Morgan fingerprint density at radius 2 is 1.86 bits per heavy atom. The van der Waals surface area contributed by atoms with Gasteiger partial charge in [-0.25, -0.2) is 9.79 Å². The molecule has 9 nitrogen and oxygen atoms in total. The third kappa shape index (κ3) is 4.73. The molecule has 1 aliphatic heterocycles. The van der Waals surface area contributed by atoms with Crippen molar-refractivity contribution in [1.82, 2.24) is 9.47 Å². The number of hydrogen-bond acceptors (Lipinski definition) is 7. The van der Waals surface area contributed by atoms with E-state index in [0.717, 1.165) is 17.0 Å². The molecule has 4 rings (SSSR count). The lowest BCUT2D eigenvalue weighted by Crippen LogP contribution is -2.23. The van der Waals surface area contributed by atoms with E-state index in [0.29, 0.717) is 27.0 Å². The average Bonchev–Trinajstić information content (AvgIpc) is 3.28. The Kier molecular flexibility index (Phi) is 6.57. The van der Waals surface area contributed by atoms with Crippen LogP contribution < -0.4 is 0 Å². The van der Waals surface area contributed by atoms with Crippen LogP contribution in [0.1, 0.15) is 27.3 Å². The number of thioether (sulfide) groups is 1. The third-order valence-corrected chi connectivity index (χ3v) is 6.63. The van der Waals surface area contributed by atoms with E-state index in [4.69, 9.17) is 4.74 Å². The second-order valence-corrected chi connectivity index (χ2v) is 8.86. The van der Waals surface area contributed by atoms with Gasteiger partial charge in [0.25, 0.3) is 11.6 Å². The van der Waals surface area contributed by atoms with Gasteiger partial charge in [-0.05, 0) is 73.6 Å². The Balaban J connectivity index is 1.63. The van der Waals surface area contributed by atoms with Crippen molar-refractivity contribution in [3.63, 3.8) is 0 Å². The first-order valence-corrected chi connectivity index (χ1v) is 11.4. The van der Waals surface area contributed by atoms with Crippen molar-refractivity contribution in [3.05, 3.63) is 92.1 Å². The molecule has 2 aromatic carbocycles. The van der Waals surface area contributed by atoms with E-state index >= 15 is 0 Å². The van der Waals surface area contributed by atoms with Gasteiger partial charge in [-0.2, -0.15) is 0 Å². The van der Waals surface area contributed by atoms with Crippen LogP contribution in [0.15, 0.2) is 64.5 Å². The number of amidine groups is 1. The van der Waals surface area contributed by atoms with Crippen LogP contribution in [0.2, 0.25) is 0 Å². The van der Waals surface area contributed by atoms with Gasteiger partial charge in [-0.3, -0.25) is 19.8 Å². The highest BCUT2D eigenvalue weighted by Crippen LogP contribution is 2.34. The van der Waals surface area contributed by atoms with E-state index in [1.165, 1.54) is 35.9 Å². The lowest BCUT2D eigenvalue weighted by molar-refractivity contribution is -0.384. The Hall–Kier alpha value is -4.18. The van der Waals surface area contributed by atoms with Crippen molar-refractivity contribution >= 4 is 46.3 Å². The van der Waals surface area contributed by atoms with Gasteiger partial charge < -0.3 is 9.30 Å². The molecule has 3 aromatic rings. The molecule has 35 heavy (non-hydrogen) atoms. The molecule has 0 radical (unpaired) electrons. The number of rotatable bonds is 5. The number of methoxy groups -OCH3 is 1. The molecule has 10 heteroatoms. The number of aliphatic imine (C=N–C) groups is 1. The van der Waals surface area contributed by atoms with Gasteiger partial charge in [0.1, 0.15) is 0 Å². The van der Waals surface area contributed by atoms with E-state index in [1.807, 2.05) is 36.6 Å². The molecular weight excluding hydrogens is 468 g/mol. The summed E-state index contributed by atoms with van der Waals surface area (Å²) in [6, 6.07) is 15.0. The summed E-state index contributed by atoms with van der Waals surface area (Å²) in [5, 5.41) is 11.7. The lowest BCUT2D eigenvalue weighted by atomic mass is 10.2. The van der Waals surface area contributed by atoms with Crippen LogP contribution in [0.5, 0.6) is 0 Å². The van der Waals surface area contributed by atoms with Crippen LogP contribution in [-0.4, -0.2) is 45.6 Å². The number of benzene rings is 2. The minimum absolute atomic E-state index is 0.0125. The first-order valence-electron chi connectivity index (χ1n) is 10.6. The molecule has 0 saturated carbocycles. The summed E-state index contributed by atoms with van der Waals surface area (Å²) in [6.07, 6.45) is 1.81. The fourth-order valence-electron chi connectivity index (χ4n) is 3.77. The van der Waals surface area contributed by atoms with Gasteiger partial charge in [0.05, 0.1) is 33.9 Å². The summed E-state index contributed by atoms with van der Waals surface area (Å²) < 4.78 is 6.63. The van der Waals surface area contributed by atoms with Gasteiger partial charge in [0.15, 0.2) is 5.17 Å². The number of carbonyl (C=O) groups is 2. The highest BCUT2D eigenvalue weighted by Gasteiger charge is 2.31. The number of aromatic nitrogens is 1. The molecule has 178 valence electrons. The van der Waals surface area contributed by atoms with Crippen LogP contribution in [0, 0.1) is 24.0 Å². The Bertz CT molecular complexity index is 1410. The number of nitro groups is 1. The summed E-state index contributed by atoms with van der Waals surface area (Å²) in [5.74, 6) is -0.611. The number of ether oxygens (including phenoxy) is 1. The summed E-state index contributed by atoms with van der Waals surface area (Å²) in [4.78, 5) is 41.8. The summed E-state index contributed by atoms with van der Waals surface area (Å²) in [5.41, 5.74) is 4.29. The van der Waals surface area contributed by atoms with E-state index in [-0.39, 0.29) is 11.6 Å². The Morgan fingerprint density at radius 3 is 2.51 bits per heavy atom. The standard InChI is InChI=1S/C25H22N4O5S/c1-15-12-18(16(2)28(15)20-6-5-7-21(14-20)29(32)33)13-22-23(30)27(3)25(35-22)26-19-10-8-17(9-11-19)24(31)34-4/h5-14H,1-4H3. The molecule has 1 amide bonds. The van der Waals surface area contributed by atoms with Crippen LogP contribution in [0.3, 0.4) is 0 Å². The van der Waals surface area contributed by atoms with Crippen molar-refractivity contribution in [3.8, 4) is 5.69 Å². The van der Waals surface area contributed by atoms with Gasteiger partial charge in [-0.1, -0.05) is 6.07 Å². The van der Waals surface area contributed by atoms with E-state index in [1.54, 1.807) is 37.4 Å². The smallest absolute Gasteiger partial charge is 0.337 e. The summed E-state index contributed by atoms with van der Waals surface area (Å²) in [6.45, 7) is 3.82. The minimum Gasteiger partial charge on any atom is -0.465 e. The highest BCUT2D eigenvalue weighted by molar-refractivity contribution is 8.18. The first-order chi connectivity index (χ1) is 16.7. The average molecular weight is 491 g/mol. The van der Waals surface area contributed by atoms with Crippen LogP contribution in [-0.2, 0) is 9.53 Å². The SMILES string of the molecule is COC(=O)c1ccc(N=C2SC(=Cc3cc(C)n(-c4cccc([N+](=O)[O-])c4)c3C)C(=O)N2C)cc1. The van der Waals surface area contributed by atoms with E-state index in [9.17, 15) is 19.7 Å². The highest BCUT2D eigenvalue weighted by atomic mass is 32.2. The third-order valence-electron chi connectivity index (χ3n) is 5.57. The molecule has 1 aromatic heterocycles. The maximum absolute atomic E-state index is 12.9. The van der Waals surface area contributed by atoms with Crippen LogP contribution >= 0.6 is 11.8 Å². The van der Waals surface area contributed by atoms with Crippen molar-refractivity contribution in [2.45, 2.75) is 13.8 Å². The molecule has 0 aliphatic carbocycles. The number of nitro benzene ring substituents is 1. The number of nitrogens with zero attached hydrogens (tertiary/aromatic N) is 4. The first kappa shape index (κ1) is 24.0. The van der Waals surface area contributed by atoms with Gasteiger partial charge >= 0.3 is 5.97 Å². The number of carbonyl (C=O) groups excluding carboxylic acids is 2. The zero-order chi connectivity index (χ0) is 25.3. The molecule has 0 spiro atoms. The quantitative estimate of drug-likeness (QED) is 0.215. The number of esters is 1. The van der Waals surface area contributed by atoms with E-state index < -0.39 is 10.9 Å². The van der Waals surface area contributed by atoms with Crippen molar-refractivity contribution in [2.24, 2.45) is 4.99 Å². The number of hydrogen-bond donors (Lipinski definition) is 0. The summed E-state index contributed by atoms with van der Waals surface area (Å²) in [7, 11) is 2.98. The number of aryl methyl sites for hydroxylation is 1. The van der Waals surface area contributed by atoms with Gasteiger partial charge in [0, 0.05) is 30.6 Å². The van der Waals surface area contributed by atoms with Crippen molar-refractivity contribution in [2.75, 3.05) is 14.2 Å². The second kappa shape index (κ2) is 9.59. The van der Waals surface area contributed by atoms with Crippen LogP contribution in [0.4, 0.5) is 11.4 Å². The maximum Gasteiger partial charge on any atom is 0.337 e. The fraction of sp³-hybridized carbons (Fsp3) is 0.160. The molecule has 0 unspecified atom stereocenters. The Labute approximate surface area is 205 Å². The monoisotopic (exact) mass is 490 g/mol. The predicted molar refractivity (Wildman–Crippen MR) is 135 cm³/mol. The molecule has 0 bridgehead atoms. The number of non-ortho nitro benzene ring substituents is 1. The van der Waals surface area contributed by atoms with E-state index in [2.05, 4.69) is 4.99 Å². The topological polar surface area (TPSA) is 107 Å². The molecule has 1 fully saturated rings. The fourth-order valence-corrected chi connectivity index (χ4v) is 4.75. The van der Waals surface area contributed by atoms with Crippen molar-refractivity contribution in [1.29, 1.82) is 0 Å². The normalized spacial score (nSPS) is 15.8. The summed E-state index contributed by atoms with van der Waals surface area (Å²) >= 11 is 1.25. The predicted octanol–water partition coefficient (Wildman–Crippen LogP) is 5.02. The molecule has 0 atom stereocenters. The van der Waals surface area contributed by atoms with Crippen LogP contribution in [0.25, 0.3) is 11.8 Å². The lowest BCUT2D eigenvalue weighted by Gasteiger charge is -2.09. The number of amides is 1. The number of likely N-dealkylation sites (N-methyl/N-ethyl adjacent to an activating group) is 1.